The minimum Gasteiger partial charge on any atom is -0.453 e. The lowest BCUT2D eigenvalue weighted by atomic mass is 10.0. The molecule has 2 aliphatic rings. The number of likely N-dealkylation sites (N-methyl/N-ethyl adjacent to an activating group) is 1. The van der Waals surface area contributed by atoms with Crippen molar-refractivity contribution in [1.29, 1.82) is 0 Å². The summed E-state index contributed by atoms with van der Waals surface area (Å²) in [5, 5.41) is 0. The van der Waals surface area contributed by atoms with Crippen molar-refractivity contribution < 1.29 is 19.1 Å². The van der Waals surface area contributed by atoms with Crippen LogP contribution in [0.4, 0.5) is 4.79 Å². The molecule has 0 spiro atoms. The Balaban J connectivity index is 1.12. The molecule has 0 saturated carbocycles. The average molecular weight is 680 g/mol. The SMILES string of the molecule is COC(=O)N(C)[C@H](C(=O)N1CCCC1c1ncc(-c2ccc(-c3ccc(-c4cnc([C@@H]5CCCN5C(=O)CC(C)C)[nH]4)cc3)cc2)[nH]1)C(C)C. The molecule has 2 saturated heterocycles. The van der Waals surface area contributed by atoms with Gasteiger partial charge in [0.05, 0.1) is 43.0 Å². The van der Waals surface area contributed by atoms with Gasteiger partial charge in [-0.25, -0.2) is 14.8 Å². The quantitative estimate of drug-likeness (QED) is 0.182. The van der Waals surface area contributed by atoms with Gasteiger partial charge in [-0.2, -0.15) is 0 Å². The zero-order chi connectivity index (χ0) is 35.5. The van der Waals surface area contributed by atoms with Crippen LogP contribution in [0.25, 0.3) is 33.6 Å². The summed E-state index contributed by atoms with van der Waals surface area (Å²) in [6.07, 6.45) is 7.33. The summed E-state index contributed by atoms with van der Waals surface area (Å²) in [6.45, 7) is 9.44. The summed E-state index contributed by atoms with van der Waals surface area (Å²) in [6, 6.07) is 16.0. The molecule has 6 rings (SSSR count). The summed E-state index contributed by atoms with van der Waals surface area (Å²) in [5.74, 6) is 1.98. The number of aromatic nitrogens is 4. The maximum Gasteiger partial charge on any atom is 0.409 e. The Morgan fingerprint density at radius 3 is 1.70 bits per heavy atom. The van der Waals surface area contributed by atoms with Gasteiger partial charge in [0.25, 0.3) is 0 Å². The van der Waals surface area contributed by atoms with E-state index in [2.05, 4.69) is 77.3 Å². The molecule has 0 radical (unpaired) electrons. The van der Waals surface area contributed by atoms with Gasteiger partial charge in [-0.3, -0.25) is 14.5 Å². The maximum absolute atomic E-state index is 13.7. The normalized spacial score (nSPS) is 18.2. The van der Waals surface area contributed by atoms with Crippen molar-refractivity contribution >= 4 is 17.9 Å². The van der Waals surface area contributed by atoms with Crippen LogP contribution >= 0.6 is 0 Å². The van der Waals surface area contributed by atoms with Gasteiger partial charge in [-0.05, 0) is 59.8 Å². The number of carbonyl (C=O) groups is 3. The van der Waals surface area contributed by atoms with Crippen molar-refractivity contribution in [2.24, 2.45) is 11.8 Å². The fourth-order valence-electron chi connectivity index (χ4n) is 7.45. The molecule has 0 aliphatic carbocycles. The number of hydrogen-bond donors (Lipinski definition) is 2. The number of aromatic amines is 2. The van der Waals surface area contributed by atoms with E-state index < -0.39 is 12.1 Å². The second-order valence-electron chi connectivity index (χ2n) is 14.3. The van der Waals surface area contributed by atoms with E-state index in [1.165, 1.54) is 12.0 Å². The van der Waals surface area contributed by atoms with E-state index in [4.69, 9.17) is 9.72 Å². The largest absolute Gasteiger partial charge is 0.453 e. The van der Waals surface area contributed by atoms with E-state index in [-0.39, 0.29) is 29.8 Å². The molecule has 4 heterocycles. The first-order valence-corrected chi connectivity index (χ1v) is 17.8. The summed E-state index contributed by atoms with van der Waals surface area (Å²) >= 11 is 0. The van der Waals surface area contributed by atoms with E-state index in [1.54, 1.807) is 7.05 Å². The monoisotopic (exact) mass is 679 g/mol. The number of benzene rings is 2. The first-order valence-electron chi connectivity index (χ1n) is 17.8. The number of likely N-dealkylation sites (tertiary alicyclic amines) is 2. The van der Waals surface area contributed by atoms with Gasteiger partial charge in [0.2, 0.25) is 11.8 Å². The number of nitrogens with zero attached hydrogens (tertiary/aromatic N) is 5. The van der Waals surface area contributed by atoms with Crippen LogP contribution in [0, 0.1) is 11.8 Å². The Labute approximate surface area is 294 Å². The molecular weight excluding hydrogens is 630 g/mol. The number of H-pyrrole nitrogens is 2. The predicted octanol–water partition coefficient (Wildman–Crippen LogP) is 7.23. The number of rotatable bonds is 10. The van der Waals surface area contributed by atoms with Crippen molar-refractivity contribution in [2.75, 3.05) is 27.2 Å². The van der Waals surface area contributed by atoms with Gasteiger partial charge in [0, 0.05) is 26.6 Å². The number of nitrogens with one attached hydrogen (secondary N) is 2. The highest BCUT2D eigenvalue weighted by atomic mass is 16.5. The highest BCUT2D eigenvalue weighted by Gasteiger charge is 2.40. The summed E-state index contributed by atoms with van der Waals surface area (Å²) < 4.78 is 4.90. The van der Waals surface area contributed by atoms with Crippen molar-refractivity contribution in [3.05, 3.63) is 72.6 Å². The second-order valence-corrected chi connectivity index (χ2v) is 14.3. The van der Waals surface area contributed by atoms with E-state index in [1.807, 2.05) is 36.0 Å². The van der Waals surface area contributed by atoms with Crippen LogP contribution in [0.1, 0.15) is 83.5 Å². The third-order valence-electron chi connectivity index (χ3n) is 10.0. The minimum atomic E-state index is -0.620. The van der Waals surface area contributed by atoms with Gasteiger partial charge in [-0.15, -0.1) is 0 Å². The predicted molar refractivity (Wildman–Crippen MR) is 193 cm³/mol. The lowest BCUT2D eigenvalue weighted by Crippen LogP contribution is -2.51. The molecule has 4 aromatic rings. The first-order chi connectivity index (χ1) is 24.0. The van der Waals surface area contributed by atoms with Gasteiger partial charge in [0.15, 0.2) is 0 Å². The van der Waals surface area contributed by atoms with Crippen molar-refractivity contribution in [3.8, 4) is 33.6 Å². The fraction of sp³-hybridized carbons (Fsp3) is 0.462. The lowest BCUT2D eigenvalue weighted by Gasteiger charge is -2.34. The molecule has 0 bridgehead atoms. The molecule has 2 aromatic carbocycles. The van der Waals surface area contributed by atoms with Crippen molar-refractivity contribution in [2.45, 2.75) is 77.9 Å². The van der Waals surface area contributed by atoms with Crippen molar-refractivity contribution in [1.82, 2.24) is 34.6 Å². The topological polar surface area (TPSA) is 128 Å². The zero-order valence-corrected chi connectivity index (χ0v) is 30.0. The first kappa shape index (κ1) is 34.9. The van der Waals surface area contributed by atoms with Gasteiger partial charge in [0.1, 0.15) is 17.7 Å². The molecule has 1 unspecified atom stereocenters. The Kier molecular flexibility index (Phi) is 10.4. The molecule has 3 amide bonds. The van der Waals surface area contributed by atoms with Crippen LogP contribution in [-0.4, -0.2) is 85.8 Å². The number of ether oxygens (including phenoxy) is 1. The van der Waals surface area contributed by atoms with Crippen LogP contribution in [0.2, 0.25) is 0 Å². The highest BCUT2D eigenvalue weighted by Crippen LogP contribution is 2.35. The third kappa shape index (κ3) is 7.18. The number of hydrogen-bond acceptors (Lipinski definition) is 6. The Bertz CT molecular complexity index is 1790. The molecule has 50 heavy (non-hydrogen) atoms. The van der Waals surface area contributed by atoms with Gasteiger partial charge >= 0.3 is 6.09 Å². The molecule has 2 aliphatic heterocycles. The Morgan fingerprint density at radius 1 is 0.780 bits per heavy atom. The third-order valence-corrected chi connectivity index (χ3v) is 10.0. The highest BCUT2D eigenvalue weighted by molar-refractivity contribution is 5.86. The van der Waals surface area contributed by atoms with E-state index in [0.717, 1.165) is 77.5 Å². The number of methoxy groups -OCH3 is 1. The van der Waals surface area contributed by atoms with Crippen LogP contribution in [0.15, 0.2) is 60.9 Å². The van der Waals surface area contributed by atoms with Crippen molar-refractivity contribution in [3.63, 3.8) is 0 Å². The molecule has 11 nitrogen and oxygen atoms in total. The Morgan fingerprint density at radius 2 is 1.24 bits per heavy atom. The number of imidazole rings is 2. The summed E-state index contributed by atoms with van der Waals surface area (Å²) in [7, 11) is 2.94. The van der Waals surface area contributed by atoms with Crippen LogP contribution < -0.4 is 0 Å². The smallest absolute Gasteiger partial charge is 0.409 e. The number of carbonyl (C=O) groups excluding carboxylic acids is 3. The van der Waals surface area contributed by atoms with Crippen LogP contribution in [0.3, 0.4) is 0 Å². The molecule has 2 aromatic heterocycles. The van der Waals surface area contributed by atoms with E-state index >= 15 is 0 Å². The number of amides is 3. The second kappa shape index (κ2) is 14.9. The average Bonchev–Trinajstić information content (AvgIpc) is 3.94. The van der Waals surface area contributed by atoms with Gasteiger partial charge < -0.3 is 24.5 Å². The van der Waals surface area contributed by atoms with Gasteiger partial charge in [-0.1, -0.05) is 76.2 Å². The minimum absolute atomic E-state index is 0.00983. The Hall–Kier alpha value is -4.93. The van der Waals surface area contributed by atoms with E-state index in [9.17, 15) is 14.4 Å². The summed E-state index contributed by atoms with van der Waals surface area (Å²) in [4.78, 5) is 60.4. The summed E-state index contributed by atoms with van der Waals surface area (Å²) in [5.41, 5.74) is 6.07. The molecule has 264 valence electrons. The molecule has 2 N–H and O–H groups in total. The lowest BCUT2D eigenvalue weighted by molar-refractivity contribution is -0.138. The fourth-order valence-corrected chi connectivity index (χ4v) is 7.45. The molecule has 3 atom stereocenters. The molecular formula is C39H49N7O4. The zero-order valence-electron chi connectivity index (χ0n) is 30.0. The molecule has 11 heteroatoms. The van der Waals surface area contributed by atoms with Crippen LogP contribution in [0.5, 0.6) is 0 Å². The van der Waals surface area contributed by atoms with Crippen LogP contribution in [-0.2, 0) is 14.3 Å². The standard InChI is InChI=1S/C39H49N7O4/c1-24(2)21-34(47)45-19-7-9-32(45)36-40-22-30(42-36)28-15-11-26(12-16-28)27-13-17-29(18-14-27)31-23-41-37(43-31)33-10-8-20-46(33)38(48)35(25(3)4)44(5)39(49)50-6/h11-18,22-25,32-33,35H,7-10,19-21H2,1-6H3,(H,40,42)(H,41,43)/t32-,33?,35-/m0/s1. The maximum atomic E-state index is 13.7. The molecule has 2 fully saturated rings. The van der Waals surface area contributed by atoms with E-state index in [0.29, 0.717) is 18.9 Å².